The summed E-state index contributed by atoms with van der Waals surface area (Å²) in [5.74, 6) is 7.19. The van der Waals surface area contributed by atoms with Crippen LogP contribution in [0.3, 0.4) is 0 Å². The number of hydrogen-bond acceptors (Lipinski definition) is 0. The first-order chi connectivity index (χ1) is 17.5. The van der Waals surface area contributed by atoms with E-state index >= 15 is 0 Å². The van der Waals surface area contributed by atoms with Gasteiger partial charge in [0.1, 0.15) is 0 Å². The Morgan fingerprint density at radius 1 is 0.763 bits per heavy atom. The molecule has 5 rings (SSSR count). The molecule has 0 aliphatic heterocycles. The molecule has 1 aromatic carbocycles. The molecule has 4 saturated carbocycles. The average Bonchev–Trinajstić information content (AvgIpc) is 3.48. The van der Waals surface area contributed by atoms with Crippen LogP contribution in [0, 0.1) is 50.4 Å². The van der Waals surface area contributed by atoms with E-state index in [9.17, 15) is 0 Å². The van der Waals surface area contributed by atoms with Gasteiger partial charge in [0.25, 0.3) is 0 Å². The number of fused-ring (bicyclic) bond motifs is 2. The second-order valence-corrected chi connectivity index (χ2v) is 22.3. The summed E-state index contributed by atoms with van der Waals surface area (Å²) in [6, 6.07) is 11.5. The van der Waals surface area contributed by atoms with E-state index in [0.29, 0.717) is 0 Å². The van der Waals surface area contributed by atoms with Gasteiger partial charge in [-0.2, -0.15) is 0 Å². The first-order valence-corrected chi connectivity index (χ1v) is 25.0. The molecule has 4 aliphatic carbocycles. The van der Waals surface area contributed by atoms with Gasteiger partial charge in [0, 0.05) is 0 Å². The van der Waals surface area contributed by atoms with Crippen LogP contribution in [0.5, 0.6) is 0 Å². The zero-order valence-electron chi connectivity index (χ0n) is 25.5. The van der Waals surface area contributed by atoms with Crippen molar-refractivity contribution >= 4 is 25.1 Å². The van der Waals surface area contributed by atoms with Gasteiger partial charge in [-0.3, -0.25) is 0 Å². The number of rotatable bonds is 7. The van der Waals surface area contributed by atoms with Crippen LogP contribution >= 0.6 is 17.0 Å². The van der Waals surface area contributed by atoms with E-state index in [1.165, 1.54) is 44.9 Å². The molecular formula is C34H58Cl2SiZr. The number of benzene rings is 1. The van der Waals surface area contributed by atoms with Crippen LogP contribution in [-0.4, -0.2) is 8.07 Å². The topological polar surface area (TPSA) is 0 Å². The Hall–Kier alpha value is 0.900. The third-order valence-electron chi connectivity index (χ3n) is 11.9. The Morgan fingerprint density at radius 2 is 1.21 bits per heavy atom. The minimum absolute atomic E-state index is 0. The molecule has 0 spiro atoms. The SMILES string of the molecule is CCC(CC1CC([Si](C)(C)C2CC(CC)C3CCCCC32)C2CCCCC12)c1ccccc1.[CH3-].[CH3-].[Cl][Zr+2][Cl]. The zero-order chi connectivity index (χ0) is 25.7. The van der Waals surface area contributed by atoms with Crippen LogP contribution in [0.1, 0.15) is 109 Å². The second kappa shape index (κ2) is 16.5. The molecule has 0 heterocycles. The molecule has 0 N–H and O–H groups in total. The van der Waals surface area contributed by atoms with Gasteiger partial charge in [-0.05, 0) is 96.6 Å². The van der Waals surface area contributed by atoms with E-state index in [-0.39, 0.29) is 14.9 Å². The molecule has 0 bridgehead atoms. The number of halogens is 2. The van der Waals surface area contributed by atoms with Crippen LogP contribution in [0.2, 0.25) is 24.2 Å². The molecule has 0 aromatic heterocycles. The van der Waals surface area contributed by atoms with E-state index in [1.54, 1.807) is 44.1 Å². The van der Waals surface area contributed by atoms with Crippen molar-refractivity contribution in [2.45, 2.75) is 127 Å². The van der Waals surface area contributed by atoms with E-state index < -0.39 is 28.9 Å². The summed E-state index contributed by atoms with van der Waals surface area (Å²) in [7, 11) is 8.57. The summed E-state index contributed by atoms with van der Waals surface area (Å²) >= 11 is -0.826. The van der Waals surface area contributed by atoms with Crippen LogP contribution in [0.4, 0.5) is 0 Å². The second-order valence-electron chi connectivity index (χ2n) is 13.5. The van der Waals surface area contributed by atoms with Crippen LogP contribution in [0.25, 0.3) is 0 Å². The first-order valence-electron chi connectivity index (χ1n) is 15.5. The van der Waals surface area contributed by atoms with E-state index in [4.69, 9.17) is 17.0 Å². The molecule has 38 heavy (non-hydrogen) atoms. The van der Waals surface area contributed by atoms with Gasteiger partial charge in [-0.1, -0.05) is 102 Å². The molecule has 216 valence electrons. The summed E-state index contributed by atoms with van der Waals surface area (Å²) < 4.78 is 0. The molecule has 4 heteroatoms. The van der Waals surface area contributed by atoms with Crippen molar-refractivity contribution < 1.29 is 20.8 Å². The van der Waals surface area contributed by atoms with Gasteiger partial charge in [0.05, 0.1) is 8.07 Å². The van der Waals surface area contributed by atoms with Crippen LogP contribution in [-0.2, 0) is 20.8 Å². The Kier molecular flexibility index (Phi) is 15.3. The van der Waals surface area contributed by atoms with Crippen molar-refractivity contribution in [3.05, 3.63) is 50.7 Å². The summed E-state index contributed by atoms with van der Waals surface area (Å²) in [5.41, 5.74) is 3.86. The summed E-state index contributed by atoms with van der Waals surface area (Å²) in [5, 5.41) is 0. The van der Waals surface area contributed by atoms with Crippen molar-refractivity contribution in [1.29, 1.82) is 0 Å². The first kappa shape index (κ1) is 35.1. The van der Waals surface area contributed by atoms with Gasteiger partial charge in [0.15, 0.2) is 0 Å². The fourth-order valence-corrected chi connectivity index (χ4v) is 15.7. The van der Waals surface area contributed by atoms with Gasteiger partial charge in [-0.25, -0.2) is 0 Å². The Bertz CT molecular complexity index is 786. The Labute approximate surface area is 257 Å². The Balaban J connectivity index is 0.000000969. The van der Waals surface area contributed by atoms with Crippen molar-refractivity contribution in [3.8, 4) is 0 Å². The normalized spacial score (nSPS) is 34.8. The van der Waals surface area contributed by atoms with Gasteiger partial charge in [0.2, 0.25) is 0 Å². The van der Waals surface area contributed by atoms with E-state index in [2.05, 4.69) is 57.3 Å². The van der Waals surface area contributed by atoms with Crippen molar-refractivity contribution in [2.24, 2.45) is 35.5 Å². The quantitative estimate of drug-likeness (QED) is 0.202. The molecule has 0 saturated heterocycles. The van der Waals surface area contributed by atoms with Crippen LogP contribution in [0.15, 0.2) is 30.3 Å². The molecule has 4 aliphatic rings. The van der Waals surface area contributed by atoms with Crippen molar-refractivity contribution in [1.82, 2.24) is 0 Å². The van der Waals surface area contributed by atoms with Gasteiger partial charge < -0.3 is 14.9 Å². The third kappa shape index (κ3) is 7.64. The third-order valence-corrected chi connectivity index (χ3v) is 17.0. The maximum absolute atomic E-state index is 4.93. The predicted octanol–water partition coefficient (Wildman–Crippen LogP) is 12.4. The van der Waals surface area contributed by atoms with Crippen LogP contribution < -0.4 is 0 Å². The standard InChI is InChI=1S/C32H52Si.2CH3.2ClH.Zr/c1-5-23(25-14-8-7-9-15-25)20-26-22-32(30-19-13-11-17-28(26)30)33(3,4)31-21-24(6-2)27-16-10-12-18-29(27)31;;;;;/h7-9,14-15,23-24,26-32H,5-6,10-13,16-22H2,1-4H3;2*1H3;2*1H;/q;2*-1;;;+4/p-2. The molecule has 0 nitrogen and oxygen atoms in total. The monoisotopic (exact) mass is 654 g/mol. The molecule has 1 aromatic rings. The van der Waals surface area contributed by atoms with Gasteiger partial charge >= 0.3 is 37.9 Å². The van der Waals surface area contributed by atoms with E-state index in [1.807, 2.05) is 0 Å². The number of hydrogen-bond donors (Lipinski definition) is 0. The summed E-state index contributed by atoms with van der Waals surface area (Å²) in [6.45, 7) is 10.7. The van der Waals surface area contributed by atoms with E-state index in [0.717, 1.165) is 52.5 Å². The van der Waals surface area contributed by atoms with Crippen molar-refractivity contribution in [2.75, 3.05) is 0 Å². The predicted molar refractivity (Wildman–Crippen MR) is 171 cm³/mol. The fourth-order valence-electron chi connectivity index (χ4n) is 10.3. The fraction of sp³-hybridized carbons (Fsp3) is 0.765. The molecule has 9 unspecified atom stereocenters. The molecule has 9 atom stereocenters. The van der Waals surface area contributed by atoms with Crippen molar-refractivity contribution in [3.63, 3.8) is 0 Å². The molecule has 0 amide bonds. The molecule has 0 radical (unpaired) electrons. The molecular weight excluding hydrogens is 599 g/mol. The molecule has 4 fully saturated rings. The Morgan fingerprint density at radius 3 is 1.68 bits per heavy atom. The maximum atomic E-state index is 4.93. The van der Waals surface area contributed by atoms with Gasteiger partial charge in [-0.15, -0.1) is 0 Å². The summed E-state index contributed by atoms with van der Waals surface area (Å²) in [4.78, 5) is 0. The minimum atomic E-state index is -1.29. The average molecular weight is 657 g/mol. The summed E-state index contributed by atoms with van der Waals surface area (Å²) in [6.07, 6.45) is 19.8. The zero-order valence-corrected chi connectivity index (χ0v) is 30.5.